The molecule has 0 bridgehead atoms. The van der Waals surface area contributed by atoms with Crippen LogP contribution in [0.15, 0.2) is 17.6 Å². The van der Waals surface area contributed by atoms with Crippen LogP contribution in [0, 0.1) is 13.8 Å². The first-order chi connectivity index (χ1) is 15.3. The van der Waals surface area contributed by atoms with E-state index in [0.29, 0.717) is 31.6 Å². The average molecular weight is 455 g/mol. The smallest absolute Gasteiger partial charge is 0.254 e. The van der Waals surface area contributed by atoms with Gasteiger partial charge in [-0.05, 0) is 49.3 Å². The number of aromatic nitrogens is 3. The molecule has 10 heteroatoms. The number of rotatable bonds is 7. The normalized spacial score (nSPS) is 13.2. The maximum atomic E-state index is 12.5. The number of fused-ring (bicyclic) bond motifs is 2. The van der Waals surface area contributed by atoms with Gasteiger partial charge in [0.1, 0.15) is 5.56 Å². The van der Waals surface area contributed by atoms with Crippen LogP contribution in [-0.2, 0) is 29.0 Å². The van der Waals surface area contributed by atoms with Crippen molar-refractivity contribution in [3.8, 4) is 0 Å². The first kappa shape index (κ1) is 21.9. The molecule has 9 nitrogen and oxygen atoms in total. The Balaban J connectivity index is 1.28. The molecule has 0 atom stereocenters. The monoisotopic (exact) mass is 454 g/mol. The van der Waals surface area contributed by atoms with Gasteiger partial charge in [-0.15, -0.1) is 11.3 Å². The summed E-state index contributed by atoms with van der Waals surface area (Å²) in [4.78, 5) is 44.1. The van der Waals surface area contributed by atoms with E-state index in [2.05, 4.69) is 26.8 Å². The fraction of sp³-hybridized carbons (Fsp3) is 0.409. The fourth-order valence-electron chi connectivity index (χ4n) is 4.10. The zero-order valence-corrected chi connectivity index (χ0v) is 19.0. The lowest BCUT2D eigenvalue weighted by Gasteiger charge is -2.27. The van der Waals surface area contributed by atoms with Crippen LogP contribution >= 0.6 is 11.3 Å². The molecule has 0 saturated carbocycles. The summed E-state index contributed by atoms with van der Waals surface area (Å²) in [6, 6.07) is 2.08. The molecular weight excluding hydrogens is 428 g/mol. The molecule has 0 spiro atoms. The third-order valence-corrected chi connectivity index (χ3v) is 6.92. The maximum Gasteiger partial charge on any atom is 0.254 e. The largest absolute Gasteiger partial charge is 0.365 e. The molecule has 0 radical (unpaired) electrons. The number of aryl methyl sites for hydroxylation is 2. The second-order valence-electron chi connectivity index (χ2n) is 7.95. The summed E-state index contributed by atoms with van der Waals surface area (Å²) in [6.45, 7) is 5.43. The molecule has 4 rings (SSSR count). The third kappa shape index (κ3) is 4.36. The molecule has 3 aromatic rings. The zero-order valence-electron chi connectivity index (χ0n) is 18.2. The van der Waals surface area contributed by atoms with Crippen molar-refractivity contribution in [2.45, 2.75) is 46.1 Å². The van der Waals surface area contributed by atoms with Gasteiger partial charge in [-0.25, -0.2) is 9.50 Å². The number of nitrogens with two attached hydrogens (primary N) is 1. The van der Waals surface area contributed by atoms with Gasteiger partial charge in [-0.3, -0.25) is 14.4 Å². The van der Waals surface area contributed by atoms with Crippen molar-refractivity contribution in [3.05, 3.63) is 50.6 Å². The second-order valence-corrected chi connectivity index (χ2v) is 8.95. The second kappa shape index (κ2) is 9.07. The quantitative estimate of drug-likeness (QED) is 0.561. The van der Waals surface area contributed by atoms with Crippen LogP contribution in [0.25, 0.3) is 5.65 Å². The highest BCUT2D eigenvalue weighted by Gasteiger charge is 2.21. The van der Waals surface area contributed by atoms with E-state index in [1.807, 2.05) is 18.7 Å². The molecule has 0 aliphatic carbocycles. The molecule has 3 aromatic heterocycles. The van der Waals surface area contributed by atoms with Crippen molar-refractivity contribution < 1.29 is 14.4 Å². The van der Waals surface area contributed by atoms with Crippen molar-refractivity contribution >= 4 is 34.7 Å². The van der Waals surface area contributed by atoms with E-state index < -0.39 is 5.91 Å². The minimum atomic E-state index is -0.576. The van der Waals surface area contributed by atoms with Gasteiger partial charge in [0.25, 0.3) is 5.91 Å². The van der Waals surface area contributed by atoms with Crippen molar-refractivity contribution in [2.24, 2.45) is 5.73 Å². The molecule has 3 amide bonds. The highest BCUT2D eigenvalue weighted by atomic mass is 32.1. The predicted octanol–water partition coefficient (Wildman–Crippen LogP) is 1.53. The van der Waals surface area contributed by atoms with Gasteiger partial charge < -0.3 is 16.0 Å². The Labute approximate surface area is 189 Å². The highest BCUT2D eigenvalue weighted by molar-refractivity contribution is 7.10. The van der Waals surface area contributed by atoms with Crippen LogP contribution in [0.5, 0.6) is 0 Å². The topological polar surface area (TPSA) is 123 Å². The first-order valence-electron chi connectivity index (χ1n) is 10.6. The van der Waals surface area contributed by atoms with Gasteiger partial charge in [-0.2, -0.15) is 5.10 Å². The Morgan fingerprint density at radius 2 is 2.06 bits per heavy atom. The molecule has 0 unspecified atom stereocenters. The number of carbonyl (C=O) groups excluding carboxylic acids is 3. The van der Waals surface area contributed by atoms with Crippen molar-refractivity contribution in [3.63, 3.8) is 0 Å². The molecule has 0 saturated heterocycles. The fourth-order valence-corrected chi connectivity index (χ4v) is 4.99. The lowest BCUT2D eigenvalue weighted by atomic mass is 10.1. The molecular formula is C22H26N6O3S. The summed E-state index contributed by atoms with van der Waals surface area (Å²) in [5.74, 6) is -0.630. The van der Waals surface area contributed by atoms with Gasteiger partial charge in [0, 0.05) is 48.7 Å². The van der Waals surface area contributed by atoms with Gasteiger partial charge in [0.2, 0.25) is 11.8 Å². The number of hydrogen-bond donors (Lipinski definition) is 2. The van der Waals surface area contributed by atoms with Crippen LogP contribution < -0.4 is 11.1 Å². The number of amides is 3. The first-order valence-corrected chi connectivity index (χ1v) is 11.5. The zero-order chi connectivity index (χ0) is 22.8. The summed E-state index contributed by atoms with van der Waals surface area (Å²) in [5.41, 5.74) is 9.77. The summed E-state index contributed by atoms with van der Waals surface area (Å²) in [6.07, 6.45) is 3.36. The minimum Gasteiger partial charge on any atom is -0.365 e. The van der Waals surface area contributed by atoms with E-state index in [1.165, 1.54) is 16.6 Å². The van der Waals surface area contributed by atoms with Crippen LogP contribution in [0.4, 0.5) is 0 Å². The van der Waals surface area contributed by atoms with Gasteiger partial charge in [0.15, 0.2) is 5.65 Å². The molecule has 0 aromatic carbocycles. The molecule has 4 heterocycles. The number of nitrogens with one attached hydrogen (secondary N) is 1. The molecule has 1 aliphatic rings. The van der Waals surface area contributed by atoms with E-state index in [1.54, 1.807) is 15.9 Å². The molecule has 1 aliphatic heterocycles. The predicted molar refractivity (Wildman–Crippen MR) is 120 cm³/mol. The Morgan fingerprint density at radius 3 is 2.84 bits per heavy atom. The van der Waals surface area contributed by atoms with Crippen LogP contribution in [0.3, 0.4) is 0 Å². The van der Waals surface area contributed by atoms with Crippen molar-refractivity contribution in [2.75, 3.05) is 13.1 Å². The van der Waals surface area contributed by atoms with Crippen LogP contribution in [0.1, 0.15) is 50.6 Å². The van der Waals surface area contributed by atoms with E-state index >= 15 is 0 Å². The molecule has 32 heavy (non-hydrogen) atoms. The van der Waals surface area contributed by atoms with Gasteiger partial charge in [-0.1, -0.05) is 0 Å². The Hall–Kier alpha value is -3.27. The lowest BCUT2D eigenvalue weighted by molar-refractivity contribution is -0.132. The standard InChI is InChI=1S/C22H26N6O3S/c1-13-16(14(2)28-22(26-13)17(11-25-28)21(23)31)3-4-19(29)24-8-5-20(30)27-9-6-18-15(12-27)7-10-32-18/h7,10-11H,3-6,8-9,12H2,1-2H3,(H2,23,31)(H,24,29). The van der Waals surface area contributed by atoms with Crippen molar-refractivity contribution in [1.29, 1.82) is 0 Å². The molecule has 168 valence electrons. The summed E-state index contributed by atoms with van der Waals surface area (Å²) in [5, 5.41) is 9.12. The maximum absolute atomic E-state index is 12.5. The number of nitrogens with zero attached hydrogens (tertiary/aromatic N) is 4. The molecule has 0 fully saturated rings. The van der Waals surface area contributed by atoms with Gasteiger partial charge in [0.05, 0.1) is 6.20 Å². The Morgan fingerprint density at radius 1 is 1.25 bits per heavy atom. The number of hydrogen-bond acceptors (Lipinski definition) is 6. The Bertz CT molecular complexity index is 1200. The van der Waals surface area contributed by atoms with E-state index in [9.17, 15) is 14.4 Å². The van der Waals surface area contributed by atoms with E-state index in [-0.39, 0.29) is 23.8 Å². The highest BCUT2D eigenvalue weighted by Crippen LogP contribution is 2.24. The van der Waals surface area contributed by atoms with E-state index in [0.717, 1.165) is 29.9 Å². The van der Waals surface area contributed by atoms with Crippen LogP contribution in [0.2, 0.25) is 0 Å². The minimum absolute atomic E-state index is 0.0624. The third-order valence-electron chi connectivity index (χ3n) is 5.90. The van der Waals surface area contributed by atoms with E-state index in [4.69, 9.17) is 5.73 Å². The summed E-state index contributed by atoms with van der Waals surface area (Å²) in [7, 11) is 0. The van der Waals surface area contributed by atoms with Crippen molar-refractivity contribution in [1.82, 2.24) is 24.8 Å². The average Bonchev–Trinajstić information content (AvgIpc) is 3.39. The molecule has 3 N–H and O–H groups in total. The van der Waals surface area contributed by atoms with Gasteiger partial charge >= 0.3 is 0 Å². The summed E-state index contributed by atoms with van der Waals surface area (Å²) < 4.78 is 1.58. The number of primary amides is 1. The van der Waals surface area contributed by atoms with Crippen LogP contribution in [-0.4, -0.2) is 50.3 Å². The Kier molecular flexibility index (Phi) is 6.22. The lowest BCUT2D eigenvalue weighted by Crippen LogP contribution is -2.37. The number of thiophene rings is 1. The number of carbonyl (C=O) groups is 3. The summed E-state index contributed by atoms with van der Waals surface area (Å²) >= 11 is 1.74. The SMILES string of the molecule is Cc1nc2c(C(N)=O)cnn2c(C)c1CCC(=O)NCCC(=O)N1CCc2sccc2C1.